The number of hydrogen-bond acceptors (Lipinski definition) is 4. The van der Waals surface area contributed by atoms with Gasteiger partial charge >= 0.3 is 5.97 Å². The third-order valence-corrected chi connectivity index (χ3v) is 8.37. The van der Waals surface area contributed by atoms with E-state index in [-0.39, 0.29) is 0 Å². The molecule has 0 spiro atoms. The average Bonchev–Trinajstić information content (AvgIpc) is 3.24. The van der Waals surface area contributed by atoms with Crippen molar-refractivity contribution in [2.75, 3.05) is 0 Å². The van der Waals surface area contributed by atoms with Gasteiger partial charge < -0.3 is 5.11 Å². The first-order valence-electron chi connectivity index (χ1n) is 12.8. The Morgan fingerprint density at radius 3 is 2.54 bits per heavy atom. The molecule has 2 aromatic heterocycles. The molecule has 5 heteroatoms. The number of allylic oxidation sites excluding steroid dienone is 1. The van der Waals surface area contributed by atoms with Gasteiger partial charge in [0.15, 0.2) is 0 Å². The van der Waals surface area contributed by atoms with Crippen molar-refractivity contribution in [2.24, 2.45) is 0 Å². The lowest BCUT2D eigenvalue weighted by Crippen LogP contribution is -2.08. The SMILES string of the molecule is C#Cc1cc(C(C)=CC(=O)O)cc(C2CCCCC2)c1-c1ccc2nc(-c3sc(C)nc3C)ccc2c1. The van der Waals surface area contributed by atoms with E-state index in [1.165, 1.54) is 30.9 Å². The van der Waals surface area contributed by atoms with Crippen LogP contribution in [0.15, 0.2) is 48.5 Å². The topological polar surface area (TPSA) is 63.1 Å². The van der Waals surface area contributed by atoms with Crippen LogP contribution in [0.3, 0.4) is 0 Å². The van der Waals surface area contributed by atoms with E-state index in [2.05, 4.69) is 47.3 Å². The molecule has 0 unspecified atom stereocenters. The van der Waals surface area contributed by atoms with Crippen molar-refractivity contribution in [3.8, 4) is 34.0 Å². The van der Waals surface area contributed by atoms with Crippen LogP contribution in [0.1, 0.15) is 72.3 Å². The van der Waals surface area contributed by atoms with Crippen molar-refractivity contribution in [1.29, 1.82) is 0 Å². The first-order chi connectivity index (χ1) is 17.8. The largest absolute Gasteiger partial charge is 0.478 e. The Morgan fingerprint density at radius 1 is 1.08 bits per heavy atom. The fourth-order valence-electron chi connectivity index (χ4n) is 5.51. The van der Waals surface area contributed by atoms with Gasteiger partial charge in [-0.3, -0.25) is 0 Å². The molecular formula is C32H30N2O2S. The standard InChI is InChI=1S/C32H30N2O2S/c1-5-22-16-26(19(2)15-30(35)36)18-27(23-9-7-6-8-10-23)31(22)25-12-13-28-24(17-25)11-14-29(34-28)32-20(3)33-21(4)37-32/h1,11-18,23H,6-10H2,2-4H3,(H,35,36). The molecule has 0 bridgehead atoms. The lowest BCUT2D eigenvalue weighted by Gasteiger charge is -2.26. The van der Waals surface area contributed by atoms with E-state index in [9.17, 15) is 9.90 Å². The van der Waals surface area contributed by atoms with Crippen LogP contribution in [0.25, 0.3) is 38.2 Å². The molecule has 1 aliphatic rings. The van der Waals surface area contributed by atoms with E-state index < -0.39 is 5.97 Å². The maximum Gasteiger partial charge on any atom is 0.328 e. The van der Waals surface area contributed by atoms with E-state index in [4.69, 9.17) is 11.4 Å². The Hall–Kier alpha value is -3.75. The summed E-state index contributed by atoms with van der Waals surface area (Å²) in [4.78, 5) is 21.9. The van der Waals surface area contributed by atoms with Crippen molar-refractivity contribution in [2.45, 2.75) is 58.8 Å². The second-order valence-electron chi connectivity index (χ2n) is 9.88. The molecule has 4 aromatic rings. The van der Waals surface area contributed by atoms with Crippen LogP contribution < -0.4 is 0 Å². The molecule has 37 heavy (non-hydrogen) atoms. The molecule has 0 saturated heterocycles. The molecule has 1 N–H and O–H groups in total. The number of aliphatic carboxylic acids is 1. The smallest absolute Gasteiger partial charge is 0.328 e. The zero-order valence-corrected chi connectivity index (χ0v) is 22.3. The number of benzene rings is 2. The van der Waals surface area contributed by atoms with Gasteiger partial charge in [-0.05, 0) is 86.1 Å². The molecular weight excluding hydrogens is 476 g/mol. The van der Waals surface area contributed by atoms with Crippen LogP contribution in [0.5, 0.6) is 0 Å². The van der Waals surface area contributed by atoms with Gasteiger partial charge in [0.2, 0.25) is 0 Å². The van der Waals surface area contributed by atoms with Crippen LogP contribution in [0, 0.1) is 26.2 Å². The molecule has 0 atom stereocenters. The summed E-state index contributed by atoms with van der Waals surface area (Å²) < 4.78 is 0. The number of carboxylic acids is 1. The minimum atomic E-state index is -0.951. The van der Waals surface area contributed by atoms with Crippen molar-refractivity contribution in [1.82, 2.24) is 9.97 Å². The van der Waals surface area contributed by atoms with Gasteiger partial charge in [0.05, 0.1) is 26.8 Å². The maximum absolute atomic E-state index is 11.3. The monoisotopic (exact) mass is 506 g/mol. The number of aryl methyl sites for hydroxylation is 2. The third-order valence-electron chi connectivity index (χ3n) is 7.28. The number of terminal acetylenes is 1. The molecule has 2 heterocycles. The first kappa shape index (κ1) is 24.9. The van der Waals surface area contributed by atoms with Crippen molar-refractivity contribution in [3.05, 3.63) is 75.9 Å². The number of carboxylic acid groups (broad SMARTS) is 1. The lowest BCUT2D eigenvalue weighted by molar-refractivity contribution is -0.131. The number of carbonyl (C=O) groups is 1. The molecule has 4 nitrogen and oxygen atoms in total. The van der Waals surface area contributed by atoms with Crippen molar-refractivity contribution in [3.63, 3.8) is 0 Å². The molecule has 5 rings (SSSR count). The number of rotatable bonds is 5. The Morgan fingerprint density at radius 2 is 1.86 bits per heavy atom. The van der Waals surface area contributed by atoms with E-state index in [0.717, 1.165) is 67.3 Å². The summed E-state index contributed by atoms with van der Waals surface area (Å²) in [5, 5.41) is 11.4. The number of fused-ring (bicyclic) bond motifs is 1. The number of thiazole rings is 1. The summed E-state index contributed by atoms with van der Waals surface area (Å²) >= 11 is 1.67. The minimum Gasteiger partial charge on any atom is -0.478 e. The van der Waals surface area contributed by atoms with Crippen LogP contribution in [-0.2, 0) is 4.79 Å². The van der Waals surface area contributed by atoms with Crippen molar-refractivity contribution < 1.29 is 9.90 Å². The normalized spacial score (nSPS) is 14.6. The molecule has 1 aliphatic carbocycles. The zero-order chi connectivity index (χ0) is 26.1. The fourth-order valence-corrected chi connectivity index (χ4v) is 6.40. The van der Waals surface area contributed by atoms with E-state index >= 15 is 0 Å². The summed E-state index contributed by atoms with van der Waals surface area (Å²) in [5.74, 6) is 2.37. The quantitative estimate of drug-likeness (QED) is 0.219. The van der Waals surface area contributed by atoms with Gasteiger partial charge in [0.1, 0.15) is 0 Å². The van der Waals surface area contributed by atoms with Gasteiger partial charge in [-0.25, -0.2) is 14.8 Å². The zero-order valence-electron chi connectivity index (χ0n) is 21.5. The number of pyridine rings is 1. The molecule has 1 saturated carbocycles. The molecule has 2 aromatic carbocycles. The van der Waals surface area contributed by atoms with E-state index in [1.54, 1.807) is 11.3 Å². The highest BCUT2D eigenvalue weighted by Gasteiger charge is 2.23. The molecule has 0 aliphatic heterocycles. The second-order valence-corrected chi connectivity index (χ2v) is 11.1. The van der Waals surface area contributed by atoms with Crippen LogP contribution in [0.2, 0.25) is 0 Å². The third kappa shape index (κ3) is 5.08. The summed E-state index contributed by atoms with van der Waals surface area (Å²) in [6.45, 7) is 5.88. The molecule has 1 fully saturated rings. The molecule has 0 amide bonds. The summed E-state index contributed by atoms with van der Waals surface area (Å²) in [6, 6.07) is 14.7. The summed E-state index contributed by atoms with van der Waals surface area (Å²) in [5.41, 5.74) is 8.66. The number of hydrogen-bond donors (Lipinski definition) is 1. The lowest BCUT2D eigenvalue weighted by atomic mass is 9.78. The van der Waals surface area contributed by atoms with Gasteiger partial charge in [-0.15, -0.1) is 17.8 Å². The van der Waals surface area contributed by atoms with E-state index in [1.807, 2.05) is 26.8 Å². The van der Waals surface area contributed by atoms with Gasteiger partial charge in [-0.1, -0.05) is 43.4 Å². The molecule has 186 valence electrons. The Kier molecular flexibility index (Phi) is 6.95. The first-order valence-corrected chi connectivity index (χ1v) is 13.6. The van der Waals surface area contributed by atoms with E-state index in [0.29, 0.717) is 11.5 Å². The highest BCUT2D eigenvalue weighted by molar-refractivity contribution is 7.15. The fraction of sp³-hybridized carbons (Fsp3) is 0.281. The minimum absolute atomic E-state index is 0.405. The Balaban J connectivity index is 1.65. The highest BCUT2D eigenvalue weighted by atomic mass is 32.1. The van der Waals surface area contributed by atoms with Crippen LogP contribution in [0.4, 0.5) is 0 Å². The summed E-state index contributed by atoms with van der Waals surface area (Å²) in [7, 11) is 0. The Labute approximate surface area is 222 Å². The predicted molar refractivity (Wildman–Crippen MR) is 153 cm³/mol. The Bertz CT molecular complexity index is 1580. The van der Waals surface area contributed by atoms with Gasteiger partial charge in [-0.2, -0.15) is 0 Å². The highest BCUT2D eigenvalue weighted by Crippen LogP contribution is 2.42. The maximum atomic E-state index is 11.3. The van der Waals surface area contributed by atoms with Crippen LogP contribution >= 0.6 is 11.3 Å². The average molecular weight is 507 g/mol. The van der Waals surface area contributed by atoms with Crippen LogP contribution in [-0.4, -0.2) is 21.0 Å². The van der Waals surface area contributed by atoms with Crippen molar-refractivity contribution >= 4 is 33.8 Å². The molecule has 0 radical (unpaired) electrons. The van der Waals surface area contributed by atoms with Gasteiger partial charge in [0.25, 0.3) is 0 Å². The number of aromatic nitrogens is 2. The predicted octanol–water partition coefficient (Wildman–Crippen LogP) is 8.16. The van der Waals surface area contributed by atoms with Gasteiger partial charge in [0, 0.05) is 22.6 Å². The second kappa shape index (κ2) is 10.3. The summed E-state index contributed by atoms with van der Waals surface area (Å²) in [6.07, 6.45) is 13.2. The number of nitrogens with zero attached hydrogens (tertiary/aromatic N) is 2.